The highest BCUT2D eigenvalue weighted by Crippen LogP contribution is 2.36. The standard InChI is InChI=1S/C27H31F4N9O2S/c1-39-24(27(29,30)31)10-21(38-39)20-14-34-26(32,11-22(20)36-18-4-2-16(12-28)3-5-18)23-8-9-33-25(37-23)17-13-35-40(15-17)43(41,42)19-6-7-19/h8-11,13-16,18-19,34,36H,2-7,12,32H2,1H3. The van der Waals surface area contributed by atoms with Crippen LogP contribution in [0.4, 0.5) is 17.6 Å². The lowest BCUT2D eigenvalue weighted by Gasteiger charge is -2.35. The number of hydrogen-bond acceptors (Lipinski definition) is 9. The lowest BCUT2D eigenvalue weighted by molar-refractivity contribution is -0.143. The molecule has 2 fully saturated rings. The van der Waals surface area contributed by atoms with Crippen LogP contribution in [0, 0.1) is 5.92 Å². The molecule has 2 aliphatic carbocycles. The predicted molar refractivity (Wildman–Crippen MR) is 149 cm³/mol. The molecule has 1 aliphatic heterocycles. The fraction of sp³-hybridized carbons (Fsp3) is 0.481. The summed E-state index contributed by atoms with van der Waals surface area (Å²) in [7, 11) is -2.35. The van der Waals surface area contributed by atoms with Crippen LogP contribution in [0.25, 0.3) is 17.0 Å². The van der Waals surface area contributed by atoms with Gasteiger partial charge in [0.15, 0.2) is 11.5 Å². The fourth-order valence-corrected chi connectivity index (χ4v) is 6.92. The molecular weight excluding hydrogens is 590 g/mol. The van der Waals surface area contributed by atoms with Crippen molar-refractivity contribution in [2.45, 2.75) is 61.7 Å². The first-order valence-corrected chi connectivity index (χ1v) is 15.4. The van der Waals surface area contributed by atoms with E-state index in [-0.39, 0.29) is 30.2 Å². The van der Waals surface area contributed by atoms with Gasteiger partial charge in [0, 0.05) is 36.8 Å². The molecule has 0 aromatic carbocycles. The van der Waals surface area contributed by atoms with Crippen LogP contribution >= 0.6 is 0 Å². The Labute approximate surface area is 245 Å². The number of allylic oxidation sites excluding steroid dienone is 1. The van der Waals surface area contributed by atoms with Crippen molar-refractivity contribution in [3.05, 3.63) is 65.8 Å². The Kier molecular flexibility index (Phi) is 7.31. The molecule has 3 aromatic heterocycles. The van der Waals surface area contributed by atoms with E-state index in [2.05, 4.69) is 30.8 Å². The summed E-state index contributed by atoms with van der Waals surface area (Å²) in [4.78, 5) is 8.86. The number of halogens is 4. The monoisotopic (exact) mass is 621 g/mol. The topological polar surface area (TPSA) is 146 Å². The second kappa shape index (κ2) is 10.7. The number of hydrogen-bond donors (Lipinski definition) is 3. The highest BCUT2D eigenvalue weighted by molar-refractivity contribution is 7.90. The van der Waals surface area contributed by atoms with Crippen LogP contribution in [0.5, 0.6) is 0 Å². The third-order valence-corrected chi connectivity index (χ3v) is 10.1. The van der Waals surface area contributed by atoms with Crippen molar-refractivity contribution in [3.8, 4) is 11.4 Å². The highest BCUT2D eigenvalue weighted by Gasteiger charge is 2.39. The minimum atomic E-state index is -4.59. The second-order valence-corrected chi connectivity index (χ2v) is 13.4. The third kappa shape index (κ3) is 5.77. The molecule has 230 valence electrons. The Morgan fingerprint density at radius 1 is 1.19 bits per heavy atom. The van der Waals surface area contributed by atoms with Crippen LogP contribution in [0.15, 0.2) is 48.7 Å². The lowest BCUT2D eigenvalue weighted by atomic mass is 9.86. The Morgan fingerprint density at radius 3 is 2.58 bits per heavy atom. The van der Waals surface area contributed by atoms with Crippen LogP contribution in [-0.2, 0) is 28.9 Å². The number of dihydropyridines is 1. The first-order valence-electron chi connectivity index (χ1n) is 13.9. The summed E-state index contributed by atoms with van der Waals surface area (Å²) in [6.45, 7) is -0.383. The van der Waals surface area contributed by atoms with Crippen molar-refractivity contribution in [2.75, 3.05) is 6.67 Å². The van der Waals surface area contributed by atoms with E-state index in [1.165, 1.54) is 31.8 Å². The van der Waals surface area contributed by atoms with Gasteiger partial charge < -0.3 is 16.4 Å². The summed E-state index contributed by atoms with van der Waals surface area (Å²) >= 11 is 0. The Bertz CT molecular complexity index is 1690. The largest absolute Gasteiger partial charge is 0.433 e. The minimum absolute atomic E-state index is 0.00291. The molecule has 0 bridgehead atoms. The van der Waals surface area contributed by atoms with Crippen LogP contribution in [-0.4, -0.2) is 55.3 Å². The van der Waals surface area contributed by atoms with E-state index in [0.717, 1.165) is 14.8 Å². The van der Waals surface area contributed by atoms with Gasteiger partial charge in [-0.1, -0.05) is 0 Å². The van der Waals surface area contributed by atoms with Crippen molar-refractivity contribution < 1.29 is 26.0 Å². The summed E-state index contributed by atoms with van der Waals surface area (Å²) in [6.07, 6.45) is 6.69. The fourth-order valence-electron chi connectivity index (χ4n) is 5.45. The van der Waals surface area contributed by atoms with Crippen molar-refractivity contribution in [1.82, 2.24) is 39.6 Å². The molecular formula is C27H31F4N9O2S. The van der Waals surface area contributed by atoms with Gasteiger partial charge in [-0.15, -0.1) is 0 Å². The quantitative estimate of drug-likeness (QED) is 0.323. The molecule has 0 saturated heterocycles. The number of nitrogens with zero attached hydrogens (tertiary/aromatic N) is 6. The molecule has 6 rings (SSSR count). The average molecular weight is 622 g/mol. The van der Waals surface area contributed by atoms with E-state index in [1.54, 1.807) is 12.1 Å². The van der Waals surface area contributed by atoms with E-state index in [4.69, 9.17) is 5.73 Å². The first kappa shape index (κ1) is 29.3. The Morgan fingerprint density at radius 2 is 1.93 bits per heavy atom. The SMILES string of the molecule is Cn1nc(C2=CNC(N)(c3ccnc(-c4cnn(S(=O)(=O)C5CC5)c4)n3)C=C2NC2CCC(CF)CC2)cc1C(F)(F)F. The predicted octanol–water partition coefficient (Wildman–Crippen LogP) is 3.19. The van der Waals surface area contributed by atoms with E-state index in [9.17, 15) is 26.0 Å². The Hall–Kier alpha value is -3.79. The number of nitrogens with one attached hydrogen (secondary N) is 2. The van der Waals surface area contributed by atoms with Gasteiger partial charge in [-0.25, -0.2) is 18.4 Å². The van der Waals surface area contributed by atoms with Gasteiger partial charge in [-0.05, 0) is 62.7 Å². The normalized spacial score (nSPS) is 24.7. The van der Waals surface area contributed by atoms with Crippen LogP contribution in [0.1, 0.15) is 55.6 Å². The van der Waals surface area contributed by atoms with Crippen molar-refractivity contribution in [1.29, 1.82) is 0 Å². The maximum atomic E-state index is 13.6. The molecule has 4 N–H and O–H groups in total. The third-order valence-electron chi connectivity index (χ3n) is 8.09. The van der Waals surface area contributed by atoms with Gasteiger partial charge in [-0.2, -0.15) is 27.5 Å². The van der Waals surface area contributed by atoms with Crippen molar-refractivity contribution in [2.24, 2.45) is 18.7 Å². The summed E-state index contributed by atoms with van der Waals surface area (Å²) < 4.78 is 80.8. The molecule has 4 heterocycles. The number of aromatic nitrogens is 6. The van der Waals surface area contributed by atoms with Crippen LogP contribution < -0.4 is 16.4 Å². The smallest absolute Gasteiger partial charge is 0.382 e. The van der Waals surface area contributed by atoms with Crippen molar-refractivity contribution >= 4 is 15.6 Å². The van der Waals surface area contributed by atoms with Gasteiger partial charge in [0.2, 0.25) is 0 Å². The van der Waals surface area contributed by atoms with Gasteiger partial charge in [0.1, 0.15) is 5.69 Å². The molecule has 1 unspecified atom stereocenters. The zero-order valence-electron chi connectivity index (χ0n) is 23.2. The van der Waals surface area contributed by atoms with Crippen molar-refractivity contribution in [3.63, 3.8) is 0 Å². The molecule has 2 saturated carbocycles. The van der Waals surface area contributed by atoms with Crippen LogP contribution in [0.2, 0.25) is 0 Å². The zero-order chi connectivity index (χ0) is 30.6. The van der Waals surface area contributed by atoms with Gasteiger partial charge in [-0.3, -0.25) is 9.07 Å². The lowest BCUT2D eigenvalue weighted by Crippen LogP contribution is -2.50. The molecule has 3 aliphatic rings. The van der Waals surface area contributed by atoms with E-state index in [1.807, 2.05) is 0 Å². The second-order valence-electron chi connectivity index (χ2n) is 11.3. The molecule has 1 atom stereocenters. The minimum Gasteiger partial charge on any atom is -0.382 e. The van der Waals surface area contributed by atoms with Gasteiger partial charge in [0.25, 0.3) is 10.0 Å². The maximum Gasteiger partial charge on any atom is 0.433 e. The first-order chi connectivity index (χ1) is 20.4. The zero-order valence-corrected chi connectivity index (χ0v) is 24.0. The number of alkyl halides is 4. The molecule has 43 heavy (non-hydrogen) atoms. The molecule has 16 heteroatoms. The summed E-state index contributed by atoms with van der Waals surface area (Å²) in [6, 6.07) is 2.51. The number of nitrogens with two attached hydrogens (primary N) is 1. The van der Waals surface area contributed by atoms with E-state index >= 15 is 0 Å². The van der Waals surface area contributed by atoms with Crippen LogP contribution in [0.3, 0.4) is 0 Å². The summed E-state index contributed by atoms with van der Waals surface area (Å²) in [5.74, 6) is 0.194. The van der Waals surface area contributed by atoms with Gasteiger partial charge in [0.05, 0.1) is 41.3 Å². The van der Waals surface area contributed by atoms with Gasteiger partial charge >= 0.3 is 6.18 Å². The molecule has 0 spiro atoms. The number of rotatable bonds is 8. The molecule has 11 nitrogen and oxygen atoms in total. The highest BCUT2D eigenvalue weighted by atomic mass is 32.2. The summed E-state index contributed by atoms with van der Waals surface area (Å²) in [5.41, 5.74) is 6.10. The molecule has 3 aromatic rings. The molecule has 0 amide bonds. The van der Waals surface area contributed by atoms with E-state index < -0.39 is 32.8 Å². The summed E-state index contributed by atoms with van der Waals surface area (Å²) in [5, 5.41) is 14.2. The average Bonchev–Trinajstić information content (AvgIpc) is 3.59. The maximum absolute atomic E-state index is 13.6. The number of aryl methyl sites for hydroxylation is 1. The molecule has 0 radical (unpaired) electrons. The Balaban J connectivity index is 1.33. The van der Waals surface area contributed by atoms with E-state index in [0.29, 0.717) is 61.1 Å².